The Bertz CT molecular complexity index is 120. The molecule has 0 amide bonds. The van der Waals surface area contributed by atoms with Crippen molar-refractivity contribution in [2.45, 2.75) is 53.5 Å². The van der Waals surface area contributed by atoms with Gasteiger partial charge in [-0.05, 0) is 45.2 Å². The molecule has 0 heterocycles. The lowest BCUT2D eigenvalue weighted by molar-refractivity contribution is 0.208. The van der Waals surface area contributed by atoms with E-state index in [2.05, 4.69) is 46.6 Å². The number of hydrogen-bond acceptors (Lipinski definition) is 1. The third-order valence-electron chi connectivity index (χ3n) is 3.18. The SMILES string of the molecule is CCCN(C)C(C)CC(C)C(C)C. The predicted octanol–water partition coefficient (Wildman–Crippen LogP) is 3.40. The first-order valence-electron chi connectivity index (χ1n) is 5.69. The van der Waals surface area contributed by atoms with Crippen molar-refractivity contribution in [3.05, 3.63) is 0 Å². The van der Waals surface area contributed by atoms with E-state index >= 15 is 0 Å². The Morgan fingerprint density at radius 3 is 2.00 bits per heavy atom. The van der Waals surface area contributed by atoms with Crippen LogP contribution >= 0.6 is 0 Å². The van der Waals surface area contributed by atoms with Gasteiger partial charge in [-0.2, -0.15) is 0 Å². The van der Waals surface area contributed by atoms with Gasteiger partial charge in [-0.1, -0.05) is 27.7 Å². The zero-order valence-corrected chi connectivity index (χ0v) is 10.3. The van der Waals surface area contributed by atoms with E-state index in [0.717, 1.165) is 17.9 Å². The van der Waals surface area contributed by atoms with Crippen LogP contribution in [0.4, 0.5) is 0 Å². The van der Waals surface area contributed by atoms with Crippen LogP contribution in [0.1, 0.15) is 47.5 Å². The molecule has 0 fully saturated rings. The molecule has 0 aliphatic carbocycles. The van der Waals surface area contributed by atoms with Crippen LogP contribution in [0.3, 0.4) is 0 Å². The molecule has 0 N–H and O–H groups in total. The van der Waals surface area contributed by atoms with Crippen LogP contribution in [0.15, 0.2) is 0 Å². The topological polar surface area (TPSA) is 3.24 Å². The van der Waals surface area contributed by atoms with E-state index in [-0.39, 0.29) is 0 Å². The summed E-state index contributed by atoms with van der Waals surface area (Å²) in [6.07, 6.45) is 2.59. The summed E-state index contributed by atoms with van der Waals surface area (Å²) in [4.78, 5) is 2.47. The molecule has 0 aliphatic rings. The molecule has 0 spiro atoms. The van der Waals surface area contributed by atoms with Crippen LogP contribution in [0, 0.1) is 11.8 Å². The Hall–Kier alpha value is -0.0400. The van der Waals surface area contributed by atoms with Crippen LogP contribution in [0.2, 0.25) is 0 Å². The second-order valence-electron chi connectivity index (χ2n) is 4.79. The smallest absolute Gasteiger partial charge is 0.00665 e. The fraction of sp³-hybridized carbons (Fsp3) is 1.00. The standard InChI is InChI=1S/C12H27N/c1-7-8-13(6)12(5)9-11(4)10(2)3/h10-12H,7-9H2,1-6H3. The summed E-state index contributed by atoms with van der Waals surface area (Å²) in [6.45, 7) is 12.8. The van der Waals surface area contributed by atoms with Crippen LogP contribution < -0.4 is 0 Å². The van der Waals surface area contributed by atoms with Gasteiger partial charge >= 0.3 is 0 Å². The zero-order valence-electron chi connectivity index (χ0n) is 10.3. The average molecular weight is 185 g/mol. The Kier molecular flexibility index (Phi) is 6.40. The van der Waals surface area contributed by atoms with E-state index < -0.39 is 0 Å². The summed E-state index contributed by atoms with van der Waals surface area (Å²) in [5.41, 5.74) is 0. The third kappa shape index (κ3) is 5.30. The second-order valence-corrected chi connectivity index (χ2v) is 4.79. The van der Waals surface area contributed by atoms with Crippen LogP contribution in [-0.2, 0) is 0 Å². The van der Waals surface area contributed by atoms with Crippen molar-refractivity contribution < 1.29 is 0 Å². The Balaban J connectivity index is 3.77. The molecule has 2 atom stereocenters. The first kappa shape index (κ1) is 13.0. The van der Waals surface area contributed by atoms with Gasteiger partial charge in [0, 0.05) is 6.04 Å². The third-order valence-corrected chi connectivity index (χ3v) is 3.18. The minimum atomic E-state index is 0.734. The number of hydrogen-bond donors (Lipinski definition) is 0. The summed E-state index contributed by atoms with van der Waals surface area (Å²) >= 11 is 0. The highest BCUT2D eigenvalue weighted by Crippen LogP contribution is 2.18. The van der Waals surface area contributed by atoms with Crippen molar-refractivity contribution in [2.24, 2.45) is 11.8 Å². The van der Waals surface area contributed by atoms with Gasteiger partial charge in [0.1, 0.15) is 0 Å². The fourth-order valence-electron chi connectivity index (χ4n) is 1.56. The van der Waals surface area contributed by atoms with E-state index in [1.54, 1.807) is 0 Å². The molecule has 80 valence electrons. The lowest BCUT2D eigenvalue weighted by Crippen LogP contribution is -2.31. The monoisotopic (exact) mass is 185 g/mol. The lowest BCUT2D eigenvalue weighted by atomic mass is 9.91. The molecule has 1 heteroatoms. The molecule has 0 aliphatic heterocycles. The second kappa shape index (κ2) is 6.42. The lowest BCUT2D eigenvalue weighted by Gasteiger charge is -2.28. The zero-order chi connectivity index (χ0) is 10.4. The van der Waals surface area contributed by atoms with Gasteiger partial charge in [0.2, 0.25) is 0 Å². The highest BCUT2D eigenvalue weighted by Gasteiger charge is 2.14. The van der Waals surface area contributed by atoms with Crippen LogP contribution in [0.25, 0.3) is 0 Å². The van der Waals surface area contributed by atoms with Crippen LogP contribution in [-0.4, -0.2) is 24.5 Å². The van der Waals surface area contributed by atoms with E-state index in [1.165, 1.54) is 19.4 Å². The Morgan fingerprint density at radius 1 is 1.08 bits per heavy atom. The van der Waals surface area contributed by atoms with Crippen molar-refractivity contribution in [2.75, 3.05) is 13.6 Å². The number of rotatable bonds is 6. The molecular formula is C12H27N. The normalized spacial score (nSPS) is 16.6. The van der Waals surface area contributed by atoms with Crippen molar-refractivity contribution in [3.8, 4) is 0 Å². The molecule has 0 bridgehead atoms. The summed E-state index contributed by atoms with van der Waals surface area (Å²) in [5.74, 6) is 1.66. The maximum Gasteiger partial charge on any atom is 0.00665 e. The first-order valence-corrected chi connectivity index (χ1v) is 5.69. The van der Waals surface area contributed by atoms with Crippen molar-refractivity contribution >= 4 is 0 Å². The maximum absolute atomic E-state index is 2.47. The van der Waals surface area contributed by atoms with Crippen LogP contribution in [0.5, 0.6) is 0 Å². The summed E-state index contributed by atoms with van der Waals surface area (Å²) in [6, 6.07) is 0.734. The van der Waals surface area contributed by atoms with Gasteiger partial charge in [0.15, 0.2) is 0 Å². The molecule has 0 rings (SSSR count). The molecule has 0 radical (unpaired) electrons. The Labute approximate surface area is 84.5 Å². The molecule has 1 nitrogen and oxygen atoms in total. The van der Waals surface area contributed by atoms with E-state index in [0.29, 0.717) is 0 Å². The first-order chi connectivity index (χ1) is 5.99. The summed E-state index contributed by atoms with van der Waals surface area (Å²) < 4.78 is 0. The molecular weight excluding hydrogens is 158 g/mol. The van der Waals surface area contributed by atoms with Crippen molar-refractivity contribution in [3.63, 3.8) is 0 Å². The molecule has 0 saturated heterocycles. The summed E-state index contributed by atoms with van der Waals surface area (Å²) in [5, 5.41) is 0. The average Bonchev–Trinajstić information content (AvgIpc) is 2.04. The maximum atomic E-state index is 2.47. The summed E-state index contributed by atoms with van der Waals surface area (Å²) in [7, 11) is 2.24. The fourth-order valence-corrected chi connectivity index (χ4v) is 1.56. The van der Waals surface area contributed by atoms with Crippen molar-refractivity contribution in [1.29, 1.82) is 0 Å². The molecule has 0 saturated carbocycles. The van der Waals surface area contributed by atoms with Gasteiger partial charge in [-0.25, -0.2) is 0 Å². The van der Waals surface area contributed by atoms with Gasteiger partial charge < -0.3 is 4.90 Å². The van der Waals surface area contributed by atoms with E-state index in [1.807, 2.05) is 0 Å². The molecule has 2 unspecified atom stereocenters. The minimum Gasteiger partial charge on any atom is -0.304 e. The molecule has 0 aromatic rings. The van der Waals surface area contributed by atoms with Crippen molar-refractivity contribution in [1.82, 2.24) is 4.90 Å². The minimum absolute atomic E-state index is 0.734. The Morgan fingerprint density at radius 2 is 1.62 bits per heavy atom. The molecule has 0 aromatic carbocycles. The highest BCUT2D eigenvalue weighted by molar-refractivity contribution is 4.68. The highest BCUT2D eigenvalue weighted by atomic mass is 15.1. The van der Waals surface area contributed by atoms with E-state index in [4.69, 9.17) is 0 Å². The van der Waals surface area contributed by atoms with Gasteiger partial charge in [0.05, 0.1) is 0 Å². The van der Waals surface area contributed by atoms with E-state index in [9.17, 15) is 0 Å². The predicted molar refractivity (Wildman–Crippen MR) is 61.0 cm³/mol. The molecule has 13 heavy (non-hydrogen) atoms. The quantitative estimate of drug-likeness (QED) is 0.613. The largest absolute Gasteiger partial charge is 0.304 e. The molecule has 0 aromatic heterocycles. The van der Waals surface area contributed by atoms with Gasteiger partial charge in [-0.15, -0.1) is 0 Å². The number of nitrogens with zero attached hydrogens (tertiary/aromatic N) is 1. The van der Waals surface area contributed by atoms with Gasteiger partial charge in [0.25, 0.3) is 0 Å². The van der Waals surface area contributed by atoms with Gasteiger partial charge in [-0.3, -0.25) is 0 Å².